The molecule has 0 bridgehead atoms. The van der Waals surface area contributed by atoms with Crippen LogP contribution in [0.2, 0.25) is 0 Å². The van der Waals surface area contributed by atoms with Gasteiger partial charge in [0.2, 0.25) is 5.91 Å². The normalized spacial score (nSPS) is 16.0. The number of nitrogens with two attached hydrogens (primary N) is 1. The van der Waals surface area contributed by atoms with Crippen molar-refractivity contribution < 1.29 is 14.0 Å². The van der Waals surface area contributed by atoms with Crippen LogP contribution in [0.3, 0.4) is 0 Å². The zero-order valence-electron chi connectivity index (χ0n) is 19.7. The van der Waals surface area contributed by atoms with Gasteiger partial charge in [0, 0.05) is 29.6 Å². The first-order valence-electron chi connectivity index (χ1n) is 12.0. The molecule has 1 aromatic heterocycles. The first kappa shape index (κ1) is 25.2. The SMILES string of the molecule is C.CN[C@@H](C(=O)N1CCC[C@H]1C(=O)Cc1ccc2oc(-c3ccc(N)cc3)cc2c1)c1ccccc1. The Kier molecular flexibility index (Phi) is 7.55. The standard InChI is InChI=1S/C29H29N3O3.CH4/c1-31-28(21-6-3-2-4-7-21)29(34)32-15-5-8-24(32)25(33)17-19-9-14-26-22(16-19)18-27(35-26)20-10-12-23(30)13-11-20;/h2-4,6-7,9-14,16,18,24,28,31H,5,8,15,17,30H2,1H3;1H4/t24-,28+;/m0./s1. The maximum atomic E-state index is 13.4. The van der Waals surface area contributed by atoms with E-state index in [4.69, 9.17) is 10.2 Å². The van der Waals surface area contributed by atoms with Crippen molar-refractivity contribution in [3.05, 3.63) is 90.0 Å². The lowest BCUT2D eigenvalue weighted by molar-refractivity contribution is -0.139. The molecule has 0 saturated carbocycles. The monoisotopic (exact) mass is 483 g/mol. The second-order valence-corrected chi connectivity index (χ2v) is 9.07. The number of likely N-dealkylation sites (N-methyl/N-ethyl adjacent to an activating group) is 1. The quantitative estimate of drug-likeness (QED) is 0.345. The van der Waals surface area contributed by atoms with Crippen molar-refractivity contribution in [2.24, 2.45) is 0 Å². The molecular formula is C30H33N3O3. The van der Waals surface area contributed by atoms with Gasteiger partial charge in [-0.05, 0) is 73.5 Å². The molecule has 3 N–H and O–H groups in total. The first-order valence-corrected chi connectivity index (χ1v) is 12.0. The fraction of sp³-hybridized carbons (Fsp3) is 0.267. The lowest BCUT2D eigenvalue weighted by Gasteiger charge is -2.28. The summed E-state index contributed by atoms with van der Waals surface area (Å²) >= 11 is 0. The van der Waals surface area contributed by atoms with E-state index in [0.29, 0.717) is 18.7 Å². The van der Waals surface area contributed by atoms with Crippen LogP contribution < -0.4 is 11.1 Å². The topological polar surface area (TPSA) is 88.6 Å². The molecule has 0 unspecified atom stereocenters. The Balaban J connectivity index is 0.00000304. The zero-order valence-corrected chi connectivity index (χ0v) is 19.7. The Morgan fingerprint density at radius 1 is 1.06 bits per heavy atom. The number of nitrogens with one attached hydrogen (secondary N) is 1. The maximum Gasteiger partial charge on any atom is 0.244 e. The number of amides is 1. The molecule has 4 aromatic rings. The summed E-state index contributed by atoms with van der Waals surface area (Å²) < 4.78 is 6.00. The van der Waals surface area contributed by atoms with E-state index >= 15 is 0 Å². The van der Waals surface area contributed by atoms with Gasteiger partial charge in [-0.3, -0.25) is 9.59 Å². The number of anilines is 1. The molecule has 186 valence electrons. The fourth-order valence-corrected chi connectivity index (χ4v) is 4.92. The van der Waals surface area contributed by atoms with E-state index in [2.05, 4.69) is 5.32 Å². The van der Waals surface area contributed by atoms with E-state index in [1.165, 1.54) is 0 Å². The number of rotatable bonds is 7. The second kappa shape index (κ2) is 10.8. The molecule has 1 fully saturated rings. The van der Waals surface area contributed by atoms with Gasteiger partial charge in [0.1, 0.15) is 17.4 Å². The highest BCUT2D eigenvalue weighted by atomic mass is 16.3. The summed E-state index contributed by atoms with van der Waals surface area (Å²) in [5.74, 6) is 0.781. The zero-order chi connectivity index (χ0) is 24.4. The van der Waals surface area contributed by atoms with Gasteiger partial charge in [0.05, 0.1) is 6.04 Å². The molecule has 1 amide bonds. The summed E-state index contributed by atoms with van der Waals surface area (Å²) in [5, 5.41) is 4.07. The third kappa shape index (κ3) is 5.04. The average molecular weight is 484 g/mol. The van der Waals surface area contributed by atoms with Crippen molar-refractivity contribution in [3.8, 4) is 11.3 Å². The highest BCUT2D eigenvalue weighted by Gasteiger charge is 2.36. The lowest BCUT2D eigenvalue weighted by Crippen LogP contribution is -2.46. The minimum Gasteiger partial charge on any atom is -0.456 e. The van der Waals surface area contributed by atoms with Crippen LogP contribution in [0.15, 0.2) is 83.3 Å². The van der Waals surface area contributed by atoms with E-state index in [1.54, 1.807) is 11.9 Å². The summed E-state index contributed by atoms with van der Waals surface area (Å²) in [7, 11) is 1.78. The predicted octanol–water partition coefficient (Wildman–Crippen LogP) is 5.38. The van der Waals surface area contributed by atoms with E-state index in [0.717, 1.165) is 39.8 Å². The number of hydrogen-bond donors (Lipinski definition) is 2. The Bertz CT molecular complexity index is 1350. The fourth-order valence-electron chi connectivity index (χ4n) is 4.92. The molecule has 2 atom stereocenters. The number of carbonyl (C=O) groups excluding carboxylic acids is 2. The lowest BCUT2D eigenvalue weighted by atomic mass is 9.99. The Hall–Kier alpha value is -3.90. The summed E-state index contributed by atoms with van der Waals surface area (Å²) in [5.41, 5.74) is 10.0. The minimum absolute atomic E-state index is 0. The van der Waals surface area contributed by atoms with Gasteiger partial charge in [-0.1, -0.05) is 43.8 Å². The van der Waals surface area contributed by atoms with Gasteiger partial charge in [0.15, 0.2) is 5.78 Å². The molecule has 6 heteroatoms. The van der Waals surface area contributed by atoms with Crippen LogP contribution in [0.5, 0.6) is 0 Å². The summed E-state index contributed by atoms with van der Waals surface area (Å²) in [6, 6.07) is 24.1. The Labute approximate surface area is 212 Å². The molecule has 1 aliphatic rings. The average Bonchev–Trinajstić information content (AvgIpc) is 3.53. The highest BCUT2D eigenvalue weighted by Crippen LogP contribution is 2.30. The molecule has 1 aliphatic heterocycles. The largest absolute Gasteiger partial charge is 0.456 e. The van der Waals surface area contributed by atoms with Crippen LogP contribution in [-0.4, -0.2) is 36.2 Å². The number of nitrogen functional groups attached to an aromatic ring is 1. The van der Waals surface area contributed by atoms with Crippen LogP contribution in [0.25, 0.3) is 22.3 Å². The van der Waals surface area contributed by atoms with Crippen molar-refractivity contribution in [1.82, 2.24) is 10.2 Å². The maximum absolute atomic E-state index is 13.4. The van der Waals surface area contributed by atoms with E-state index in [-0.39, 0.29) is 25.5 Å². The number of benzene rings is 3. The van der Waals surface area contributed by atoms with Crippen LogP contribution in [0.4, 0.5) is 5.69 Å². The van der Waals surface area contributed by atoms with Gasteiger partial charge in [0.25, 0.3) is 0 Å². The molecule has 0 aliphatic carbocycles. The van der Waals surface area contributed by atoms with Crippen molar-refractivity contribution >= 4 is 28.3 Å². The third-order valence-corrected chi connectivity index (χ3v) is 6.73. The summed E-state index contributed by atoms with van der Waals surface area (Å²) in [6.45, 7) is 0.603. The van der Waals surface area contributed by atoms with Crippen molar-refractivity contribution in [3.63, 3.8) is 0 Å². The van der Waals surface area contributed by atoms with Gasteiger partial charge < -0.3 is 20.4 Å². The number of Topliss-reactive ketones (excluding diaryl/α,β-unsaturated/α-hetero) is 1. The predicted molar refractivity (Wildman–Crippen MR) is 144 cm³/mol. The highest BCUT2D eigenvalue weighted by molar-refractivity contribution is 5.93. The number of furan rings is 1. The number of nitrogens with zero attached hydrogens (tertiary/aromatic N) is 1. The molecular weight excluding hydrogens is 450 g/mol. The molecule has 2 heterocycles. The molecule has 36 heavy (non-hydrogen) atoms. The Morgan fingerprint density at radius 2 is 1.81 bits per heavy atom. The number of ketones is 1. The van der Waals surface area contributed by atoms with Crippen molar-refractivity contribution in [2.45, 2.75) is 38.8 Å². The smallest absolute Gasteiger partial charge is 0.244 e. The summed E-state index contributed by atoms with van der Waals surface area (Å²) in [6.07, 6.45) is 1.81. The summed E-state index contributed by atoms with van der Waals surface area (Å²) in [4.78, 5) is 28.4. The molecule has 5 rings (SSSR count). The van der Waals surface area contributed by atoms with E-state index in [9.17, 15) is 9.59 Å². The van der Waals surface area contributed by atoms with Crippen LogP contribution in [0, 0.1) is 0 Å². The van der Waals surface area contributed by atoms with Crippen molar-refractivity contribution in [2.75, 3.05) is 19.3 Å². The minimum atomic E-state index is -0.460. The number of carbonyl (C=O) groups is 2. The van der Waals surface area contributed by atoms with E-state index < -0.39 is 12.1 Å². The van der Waals surface area contributed by atoms with E-state index in [1.807, 2.05) is 78.9 Å². The second-order valence-electron chi connectivity index (χ2n) is 9.07. The molecule has 1 saturated heterocycles. The number of fused-ring (bicyclic) bond motifs is 1. The number of hydrogen-bond acceptors (Lipinski definition) is 5. The number of likely N-dealkylation sites (tertiary alicyclic amines) is 1. The molecule has 0 radical (unpaired) electrons. The van der Waals surface area contributed by atoms with Gasteiger partial charge >= 0.3 is 0 Å². The van der Waals surface area contributed by atoms with Crippen molar-refractivity contribution in [1.29, 1.82) is 0 Å². The third-order valence-electron chi connectivity index (χ3n) is 6.73. The Morgan fingerprint density at radius 3 is 2.53 bits per heavy atom. The van der Waals surface area contributed by atoms with Crippen LogP contribution in [0.1, 0.15) is 37.4 Å². The first-order chi connectivity index (χ1) is 17.0. The molecule has 0 spiro atoms. The van der Waals surface area contributed by atoms with Crippen LogP contribution in [-0.2, 0) is 16.0 Å². The van der Waals surface area contributed by atoms with Gasteiger partial charge in [-0.25, -0.2) is 0 Å². The van der Waals surface area contributed by atoms with Crippen LogP contribution >= 0.6 is 0 Å². The van der Waals surface area contributed by atoms with Gasteiger partial charge in [-0.2, -0.15) is 0 Å². The molecule has 3 aromatic carbocycles. The molecule has 6 nitrogen and oxygen atoms in total. The van der Waals surface area contributed by atoms with Gasteiger partial charge in [-0.15, -0.1) is 0 Å².